The van der Waals surface area contributed by atoms with Gasteiger partial charge in [-0.15, -0.1) is 0 Å². The number of hydrogen-bond acceptors (Lipinski definition) is 6. The van der Waals surface area contributed by atoms with Gasteiger partial charge in [-0.2, -0.15) is 0 Å². The molecule has 6 nitrogen and oxygen atoms in total. The molecule has 2 saturated heterocycles. The lowest BCUT2D eigenvalue weighted by molar-refractivity contribution is -0.120. The molecule has 0 aromatic rings. The average molecular weight is 673 g/mol. The van der Waals surface area contributed by atoms with Crippen LogP contribution in [-0.2, 0) is 9.59 Å². The Bertz CT molecular complexity index is 1010. The molecule has 2 N–H and O–H groups in total. The zero-order valence-electron chi connectivity index (χ0n) is 30.0. The predicted octanol–water partition coefficient (Wildman–Crippen LogP) is 9.81. The van der Waals surface area contributed by atoms with E-state index < -0.39 is 0 Å². The van der Waals surface area contributed by atoms with Gasteiger partial charge in [0, 0.05) is 0 Å². The van der Waals surface area contributed by atoms with Crippen LogP contribution in [0.4, 0.5) is 0 Å². The van der Waals surface area contributed by atoms with Crippen molar-refractivity contribution in [3.8, 4) is 0 Å². The van der Waals surface area contributed by atoms with E-state index >= 15 is 0 Å². The van der Waals surface area contributed by atoms with E-state index in [9.17, 15) is 9.59 Å². The largest absolute Gasteiger partial charge is 0.304 e. The highest BCUT2D eigenvalue weighted by atomic mass is 32.2. The second kappa shape index (κ2) is 15.3. The molecule has 8 fully saturated rings. The molecule has 6 aliphatic carbocycles. The van der Waals surface area contributed by atoms with Gasteiger partial charge in [0.2, 0.25) is 11.8 Å². The Balaban J connectivity index is 0.000000181. The van der Waals surface area contributed by atoms with Crippen LogP contribution in [0.25, 0.3) is 0 Å². The van der Waals surface area contributed by atoms with Crippen LogP contribution in [0.5, 0.6) is 0 Å². The first-order valence-corrected chi connectivity index (χ1v) is 20.9. The molecule has 0 aromatic carbocycles. The number of nitrogens with one attached hydrogen (secondary N) is 2. The third-order valence-corrected chi connectivity index (χ3v) is 15.5. The Morgan fingerprint density at radius 3 is 1.17 bits per heavy atom. The van der Waals surface area contributed by atoms with Crippen LogP contribution in [0.3, 0.4) is 0 Å². The van der Waals surface area contributed by atoms with E-state index in [0.717, 1.165) is 10.3 Å². The third-order valence-electron chi connectivity index (χ3n) is 12.7. The summed E-state index contributed by atoms with van der Waals surface area (Å²) in [5.41, 5.74) is 1.52. The Hall–Kier alpha value is -1.02. The van der Waals surface area contributed by atoms with Crippen LogP contribution >= 0.6 is 23.5 Å². The van der Waals surface area contributed by atoms with Gasteiger partial charge in [-0.25, -0.2) is 0 Å². The van der Waals surface area contributed by atoms with Gasteiger partial charge in [0.05, 0.1) is 21.6 Å². The highest BCUT2D eigenvalue weighted by Gasteiger charge is 2.50. The standard InChI is InChI=1S/2C19H32N2OS/c2*1-4-5-6-7-18-8-11-19(12-9-18,13-10-18)21-17-20-16(22)15(23-17)14(2)3/h2*14-15H,4-13H2,1-3H3,(H,20,21,22)/t2*15-,18?,19?/m10/s1. The lowest BCUT2D eigenvalue weighted by Crippen LogP contribution is -2.45. The molecule has 0 spiro atoms. The van der Waals surface area contributed by atoms with Crippen molar-refractivity contribution in [1.82, 2.24) is 10.6 Å². The summed E-state index contributed by atoms with van der Waals surface area (Å²) in [6.07, 6.45) is 26.5. The molecule has 2 atom stereocenters. The number of hydrogen-bond donors (Lipinski definition) is 2. The van der Waals surface area contributed by atoms with Crippen molar-refractivity contribution >= 4 is 45.7 Å². The first kappa shape index (κ1) is 36.3. The molecular formula is C38H64N4O2S2. The maximum absolute atomic E-state index is 12.1. The number of aliphatic imine (C=N–C) groups is 2. The molecule has 8 rings (SSSR count). The monoisotopic (exact) mass is 672 g/mol. The second-order valence-corrected chi connectivity index (χ2v) is 19.0. The molecule has 0 unspecified atom stereocenters. The SMILES string of the molecule is CCCCCC12CCC(N=C3NC(=O)[C@@H](C(C)C)S3)(CC1)CC2.CCCCCC12CCC(N=C3NC(=O)[C@H](C(C)C)S3)(CC1)CC2. The molecule has 0 radical (unpaired) electrons. The van der Waals surface area contributed by atoms with Crippen LogP contribution in [0, 0.1) is 22.7 Å². The Labute approximate surface area is 289 Å². The molecule has 46 heavy (non-hydrogen) atoms. The van der Waals surface area contributed by atoms with Crippen LogP contribution in [0.1, 0.15) is 170 Å². The molecule has 2 heterocycles. The van der Waals surface area contributed by atoms with Gasteiger partial charge < -0.3 is 10.6 Å². The first-order valence-electron chi connectivity index (χ1n) is 19.1. The van der Waals surface area contributed by atoms with Crippen molar-refractivity contribution in [1.29, 1.82) is 0 Å². The summed E-state index contributed by atoms with van der Waals surface area (Å²) in [5, 5.41) is 7.96. The van der Waals surface area contributed by atoms with Crippen LogP contribution in [-0.4, -0.2) is 43.7 Å². The summed E-state index contributed by atoms with van der Waals surface area (Å²) < 4.78 is 0. The second-order valence-electron chi connectivity index (χ2n) is 16.7. The van der Waals surface area contributed by atoms with Crippen molar-refractivity contribution in [2.75, 3.05) is 0 Å². The van der Waals surface area contributed by atoms with Gasteiger partial charge in [-0.3, -0.25) is 19.6 Å². The minimum atomic E-state index is 0.0467. The highest BCUT2D eigenvalue weighted by molar-refractivity contribution is 8.16. The lowest BCUT2D eigenvalue weighted by atomic mass is 9.56. The van der Waals surface area contributed by atoms with E-state index in [4.69, 9.17) is 9.98 Å². The number of thioether (sulfide) groups is 2. The molecule has 6 saturated carbocycles. The fourth-order valence-electron chi connectivity index (χ4n) is 9.25. The number of nitrogens with zero attached hydrogens (tertiary/aromatic N) is 2. The summed E-state index contributed by atoms with van der Waals surface area (Å²) in [6, 6.07) is 0. The van der Waals surface area contributed by atoms with E-state index in [-0.39, 0.29) is 33.4 Å². The summed E-state index contributed by atoms with van der Waals surface area (Å²) in [7, 11) is 0. The molecule has 4 bridgehead atoms. The number of carbonyl (C=O) groups is 2. The summed E-state index contributed by atoms with van der Waals surface area (Å²) >= 11 is 3.31. The molecule has 2 amide bonds. The number of amides is 2. The van der Waals surface area contributed by atoms with E-state index in [0.29, 0.717) is 22.7 Å². The van der Waals surface area contributed by atoms with Crippen molar-refractivity contribution in [3.05, 3.63) is 0 Å². The van der Waals surface area contributed by atoms with Crippen molar-refractivity contribution < 1.29 is 9.59 Å². The van der Waals surface area contributed by atoms with E-state index in [2.05, 4.69) is 52.2 Å². The van der Waals surface area contributed by atoms with Crippen molar-refractivity contribution in [2.24, 2.45) is 32.7 Å². The number of carbonyl (C=O) groups excluding carboxylic acids is 2. The van der Waals surface area contributed by atoms with Crippen molar-refractivity contribution in [2.45, 2.75) is 192 Å². The number of fused-ring (bicyclic) bond motifs is 6. The summed E-state index contributed by atoms with van der Waals surface area (Å²) in [4.78, 5) is 34.3. The minimum absolute atomic E-state index is 0.0467. The maximum atomic E-state index is 12.1. The van der Waals surface area contributed by atoms with Gasteiger partial charge in [-0.1, -0.05) is 104 Å². The van der Waals surface area contributed by atoms with Crippen LogP contribution in [0.2, 0.25) is 0 Å². The average Bonchev–Trinajstić information content (AvgIpc) is 3.60. The van der Waals surface area contributed by atoms with E-state index in [1.807, 2.05) is 0 Å². The molecule has 260 valence electrons. The zero-order valence-corrected chi connectivity index (χ0v) is 31.6. The van der Waals surface area contributed by atoms with Gasteiger partial charge in [0.25, 0.3) is 0 Å². The first-order chi connectivity index (χ1) is 22.0. The fourth-order valence-corrected chi connectivity index (χ4v) is 11.4. The highest BCUT2D eigenvalue weighted by Crippen LogP contribution is 2.57. The quantitative estimate of drug-likeness (QED) is 0.202. The summed E-state index contributed by atoms with van der Waals surface area (Å²) in [5.74, 6) is 1.05. The number of unbranched alkanes of at least 4 members (excludes halogenated alkanes) is 4. The molecule has 0 aromatic heterocycles. The lowest BCUT2D eigenvalue weighted by Gasteiger charge is -2.52. The van der Waals surface area contributed by atoms with E-state index in [1.54, 1.807) is 23.5 Å². The topological polar surface area (TPSA) is 82.9 Å². The third kappa shape index (κ3) is 8.40. The molecule has 2 aliphatic heterocycles. The zero-order chi connectivity index (χ0) is 33.0. The normalized spacial score (nSPS) is 38.5. The van der Waals surface area contributed by atoms with Gasteiger partial charge in [0.1, 0.15) is 0 Å². The Morgan fingerprint density at radius 1 is 0.587 bits per heavy atom. The molecular weight excluding hydrogens is 609 g/mol. The number of rotatable bonds is 12. The smallest absolute Gasteiger partial charge is 0.239 e. The Kier molecular flexibility index (Phi) is 12.0. The molecule has 8 heteroatoms. The van der Waals surface area contributed by atoms with Gasteiger partial charge in [0.15, 0.2) is 10.3 Å². The number of amidine groups is 2. The van der Waals surface area contributed by atoms with Crippen LogP contribution in [0.15, 0.2) is 9.98 Å². The van der Waals surface area contributed by atoms with Gasteiger partial charge in [-0.05, 0) is 113 Å². The minimum Gasteiger partial charge on any atom is -0.304 e. The predicted molar refractivity (Wildman–Crippen MR) is 198 cm³/mol. The Morgan fingerprint density at radius 2 is 0.913 bits per heavy atom. The summed E-state index contributed by atoms with van der Waals surface area (Å²) in [6.45, 7) is 13.0. The maximum Gasteiger partial charge on any atom is 0.239 e. The van der Waals surface area contributed by atoms with E-state index in [1.165, 1.54) is 128 Å². The van der Waals surface area contributed by atoms with Gasteiger partial charge >= 0.3 is 0 Å². The molecule has 8 aliphatic rings. The van der Waals surface area contributed by atoms with Crippen LogP contribution < -0.4 is 10.6 Å². The van der Waals surface area contributed by atoms with Crippen molar-refractivity contribution in [3.63, 3.8) is 0 Å². The fraction of sp³-hybridized carbons (Fsp3) is 0.895.